The molecule has 0 fully saturated rings. The highest BCUT2D eigenvalue weighted by molar-refractivity contribution is 6.04. The van der Waals surface area contributed by atoms with Crippen LogP contribution in [-0.2, 0) is 9.63 Å². The van der Waals surface area contributed by atoms with Crippen molar-refractivity contribution in [3.05, 3.63) is 35.6 Å². The van der Waals surface area contributed by atoms with Gasteiger partial charge in [0.05, 0.1) is 32.9 Å². The molecule has 108 valence electrons. The van der Waals surface area contributed by atoms with Gasteiger partial charge in [-0.25, -0.2) is 4.39 Å². The second-order valence-corrected chi connectivity index (χ2v) is 5.09. The lowest BCUT2D eigenvalue weighted by Gasteiger charge is -2.11. The van der Waals surface area contributed by atoms with E-state index < -0.39 is 6.10 Å². The Balaban J connectivity index is 1.84. The standard InChI is InChI=1S/C14H18FN3O2/c1-18(2)8-7-16-14(19)13-9-12(17-20-13)10-3-5-11(15)6-4-10/h3-6,13H,7-9H2,1-2H3,(H,16,19)/p+1/t13-/m0/s1. The van der Waals surface area contributed by atoms with Crippen LogP contribution in [0, 0.1) is 5.82 Å². The number of oxime groups is 1. The van der Waals surface area contributed by atoms with Gasteiger partial charge in [-0.1, -0.05) is 17.3 Å². The normalized spacial score (nSPS) is 17.8. The zero-order valence-corrected chi connectivity index (χ0v) is 11.6. The van der Waals surface area contributed by atoms with Gasteiger partial charge in [-0.15, -0.1) is 0 Å². The van der Waals surface area contributed by atoms with Gasteiger partial charge >= 0.3 is 0 Å². The summed E-state index contributed by atoms with van der Waals surface area (Å²) in [5.74, 6) is -0.458. The largest absolute Gasteiger partial charge is 0.382 e. The van der Waals surface area contributed by atoms with Gasteiger partial charge in [-0.05, 0) is 17.7 Å². The molecule has 2 rings (SSSR count). The first-order valence-electron chi connectivity index (χ1n) is 6.61. The van der Waals surface area contributed by atoms with Crippen molar-refractivity contribution < 1.29 is 18.9 Å². The van der Waals surface area contributed by atoms with Crippen molar-refractivity contribution in [1.29, 1.82) is 0 Å². The van der Waals surface area contributed by atoms with Gasteiger partial charge in [0.25, 0.3) is 5.91 Å². The molecule has 1 heterocycles. The Labute approximate surface area is 117 Å². The number of likely N-dealkylation sites (N-methyl/N-ethyl adjacent to an activating group) is 1. The van der Waals surface area contributed by atoms with E-state index in [0.717, 1.165) is 12.1 Å². The Bertz CT molecular complexity index is 500. The molecule has 0 unspecified atom stereocenters. The van der Waals surface area contributed by atoms with E-state index in [0.29, 0.717) is 18.7 Å². The Morgan fingerprint density at radius 1 is 1.45 bits per heavy atom. The molecule has 6 heteroatoms. The smallest absolute Gasteiger partial charge is 0.264 e. The van der Waals surface area contributed by atoms with Crippen LogP contribution in [0.25, 0.3) is 0 Å². The van der Waals surface area contributed by atoms with Crippen LogP contribution >= 0.6 is 0 Å². The molecule has 1 aromatic carbocycles. The Kier molecular flexibility index (Phi) is 4.68. The van der Waals surface area contributed by atoms with E-state index >= 15 is 0 Å². The van der Waals surface area contributed by atoms with E-state index in [1.807, 2.05) is 14.1 Å². The van der Waals surface area contributed by atoms with Crippen molar-refractivity contribution in [3.63, 3.8) is 0 Å². The van der Waals surface area contributed by atoms with Crippen LogP contribution < -0.4 is 10.2 Å². The molecule has 0 radical (unpaired) electrons. The molecule has 1 amide bonds. The molecular weight excluding hydrogens is 261 g/mol. The monoisotopic (exact) mass is 280 g/mol. The van der Waals surface area contributed by atoms with Crippen molar-refractivity contribution in [2.75, 3.05) is 27.2 Å². The summed E-state index contributed by atoms with van der Waals surface area (Å²) in [6, 6.07) is 6.00. The van der Waals surface area contributed by atoms with E-state index in [-0.39, 0.29) is 11.7 Å². The Morgan fingerprint density at radius 2 is 2.15 bits per heavy atom. The molecule has 1 aliphatic heterocycles. The fourth-order valence-corrected chi connectivity index (χ4v) is 1.88. The molecule has 1 aromatic rings. The third-order valence-electron chi connectivity index (χ3n) is 3.06. The number of hydrogen-bond donors (Lipinski definition) is 2. The van der Waals surface area contributed by atoms with Crippen LogP contribution in [-0.4, -0.2) is 44.9 Å². The average molecular weight is 280 g/mol. The average Bonchev–Trinajstić information content (AvgIpc) is 2.88. The van der Waals surface area contributed by atoms with Crippen LogP contribution in [0.2, 0.25) is 0 Å². The quantitative estimate of drug-likeness (QED) is 0.770. The zero-order chi connectivity index (χ0) is 14.5. The van der Waals surface area contributed by atoms with E-state index in [1.165, 1.54) is 17.0 Å². The third kappa shape index (κ3) is 3.77. The van der Waals surface area contributed by atoms with Crippen LogP contribution in [0.4, 0.5) is 4.39 Å². The highest BCUT2D eigenvalue weighted by Gasteiger charge is 2.28. The van der Waals surface area contributed by atoms with Gasteiger partial charge in [0.2, 0.25) is 6.10 Å². The molecule has 0 saturated heterocycles. The SMILES string of the molecule is C[NH+](C)CCNC(=O)[C@@H]1CC(c2ccc(F)cc2)=NO1. The summed E-state index contributed by atoms with van der Waals surface area (Å²) in [5.41, 5.74) is 1.45. The summed E-state index contributed by atoms with van der Waals surface area (Å²) in [5, 5.41) is 6.73. The summed E-state index contributed by atoms with van der Waals surface area (Å²) < 4.78 is 12.8. The minimum absolute atomic E-state index is 0.160. The van der Waals surface area contributed by atoms with Gasteiger partial charge in [0, 0.05) is 6.42 Å². The van der Waals surface area contributed by atoms with Crippen LogP contribution in [0.15, 0.2) is 29.4 Å². The van der Waals surface area contributed by atoms with Crippen LogP contribution in [0.1, 0.15) is 12.0 Å². The minimum Gasteiger partial charge on any atom is -0.382 e. The molecule has 2 N–H and O–H groups in total. The fourth-order valence-electron chi connectivity index (χ4n) is 1.88. The van der Waals surface area contributed by atoms with Crippen molar-refractivity contribution >= 4 is 11.6 Å². The third-order valence-corrected chi connectivity index (χ3v) is 3.06. The van der Waals surface area contributed by atoms with E-state index in [4.69, 9.17) is 4.84 Å². The zero-order valence-electron chi connectivity index (χ0n) is 11.6. The number of carbonyl (C=O) groups is 1. The number of halogens is 1. The maximum atomic E-state index is 12.8. The first-order chi connectivity index (χ1) is 9.56. The van der Waals surface area contributed by atoms with Gasteiger partial charge in [-0.3, -0.25) is 4.79 Å². The van der Waals surface area contributed by atoms with Gasteiger partial charge < -0.3 is 15.1 Å². The van der Waals surface area contributed by atoms with Gasteiger partial charge in [0.15, 0.2) is 0 Å². The minimum atomic E-state index is -0.591. The van der Waals surface area contributed by atoms with Gasteiger partial charge in [-0.2, -0.15) is 0 Å². The molecule has 5 nitrogen and oxygen atoms in total. The first-order valence-corrected chi connectivity index (χ1v) is 6.61. The van der Waals surface area contributed by atoms with Crippen molar-refractivity contribution in [3.8, 4) is 0 Å². The predicted molar refractivity (Wildman–Crippen MR) is 73.1 cm³/mol. The summed E-state index contributed by atoms with van der Waals surface area (Å²) in [4.78, 5) is 18.3. The van der Waals surface area contributed by atoms with Crippen molar-refractivity contribution in [2.24, 2.45) is 5.16 Å². The molecular formula is C14H19FN3O2+. The first kappa shape index (κ1) is 14.5. The van der Waals surface area contributed by atoms with Crippen LogP contribution in [0.3, 0.4) is 0 Å². The summed E-state index contributed by atoms with van der Waals surface area (Å²) in [7, 11) is 4.04. The number of hydrogen-bond acceptors (Lipinski definition) is 3. The molecule has 0 bridgehead atoms. The number of amides is 1. The molecule has 0 saturated carbocycles. The number of rotatable bonds is 5. The van der Waals surface area contributed by atoms with Gasteiger partial charge in [0.1, 0.15) is 5.82 Å². The molecule has 1 aliphatic rings. The number of nitrogens with one attached hydrogen (secondary N) is 2. The number of benzene rings is 1. The van der Waals surface area contributed by atoms with Crippen molar-refractivity contribution in [1.82, 2.24) is 5.32 Å². The Morgan fingerprint density at radius 3 is 2.80 bits per heavy atom. The lowest BCUT2D eigenvalue weighted by Crippen LogP contribution is -3.06. The molecule has 0 aliphatic carbocycles. The van der Waals surface area contributed by atoms with Crippen LogP contribution in [0.5, 0.6) is 0 Å². The number of nitrogens with zero attached hydrogens (tertiary/aromatic N) is 1. The second kappa shape index (κ2) is 6.47. The highest BCUT2D eigenvalue weighted by atomic mass is 19.1. The lowest BCUT2D eigenvalue weighted by atomic mass is 10.0. The van der Waals surface area contributed by atoms with Crippen molar-refractivity contribution in [2.45, 2.75) is 12.5 Å². The molecule has 1 atom stereocenters. The maximum Gasteiger partial charge on any atom is 0.264 e. The molecule has 0 spiro atoms. The predicted octanol–water partition coefficient (Wildman–Crippen LogP) is -0.421. The molecule has 0 aromatic heterocycles. The van der Waals surface area contributed by atoms with E-state index in [9.17, 15) is 9.18 Å². The lowest BCUT2D eigenvalue weighted by molar-refractivity contribution is -0.856. The maximum absolute atomic E-state index is 12.8. The highest BCUT2D eigenvalue weighted by Crippen LogP contribution is 2.17. The summed E-state index contributed by atoms with van der Waals surface area (Å²) in [6.07, 6.45) is -0.182. The Hall–Kier alpha value is -1.95. The van der Waals surface area contributed by atoms with E-state index in [1.54, 1.807) is 12.1 Å². The van der Waals surface area contributed by atoms with E-state index in [2.05, 4.69) is 10.5 Å². The number of carbonyl (C=O) groups excluding carboxylic acids is 1. The summed E-state index contributed by atoms with van der Waals surface area (Å²) >= 11 is 0. The fraction of sp³-hybridized carbons (Fsp3) is 0.429. The number of quaternary nitrogens is 1. The summed E-state index contributed by atoms with van der Waals surface area (Å²) in [6.45, 7) is 1.46. The topological polar surface area (TPSA) is 55.1 Å². The second-order valence-electron chi connectivity index (χ2n) is 5.09. The molecule has 20 heavy (non-hydrogen) atoms.